The van der Waals surface area contributed by atoms with Crippen molar-refractivity contribution < 1.29 is 19.4 Å². The highest BCUT2D eigenvalue weighted by atomic mass is 16.5. The van der Waals surface area contributed by atoms with E-state index in [1.807, 2.05) is 6.08 Å². The quantitative estimate of drug-likeness (QED) is 0.257. The smallest absolute Gasteiger partial charge is 0.307 e. The van der Waals surface area contributed by atoms with Crippen molar-refractivity contribution >= 4 is 11.9 Å². The highest BCUT2D eigenvalue weighted by Gasteiger charge is 2.01. The fraction of sp³-hybridized carbons (Fsp3) is 0.778. The van der Waals surface area contributed by atoms with Crippen molar-refractivity contribution in [1.82, 2.24) is 5.32 Å². The number of rotatable bonds is 16. The van der Waals surface area contributed by atoms with Crippen molar-refractivity contribution in [3.05, 3.63) is 12.2 Å². The van der Waals surface area contributed by atoms with Crippen molar-refractivity contribution in [3.63, 3.8) is 0 Å². The maximum atomic E-state index is 11.4. The molecule has 2 N–H and O–H groups in total. The number of unbranched alkanes of at least 4 members (excludes halogenated alkanes) is 7. The molecule has 5 nitrogen and oxygen atoms in total. The van der Waals surface area contributed by atoms with Gasteiger partial charge in [-0.2, -0.15) is 0 Å². The van der Waals surface area contributed by atoms with Gasteiger partial charge in [-0.15, -0.1) is 0 Å². The number of esters is 1. The number of hydrogen-bond acceptors (Lipinski definition) is 4. The second-order valence-corrected chi connectivity index (χ2v) is 5.71. The third-order valence-electron chi connectivity index (χ3n) is 3.50. The molecule has 0 bridgehead atoms. The molecule has 0 amide bonds. The normalized spacial score (nSPS) is 11.0. The van der Waals surface area contributed by atoms with Crippen LogP contribution in [0.1, 0.15) is 71.1 Å². The molecule has 0 aliphatic heterocycles. The van der Waals surface area contributed by atoms with Crippen LogP contribution in [0.3, 0.4) is 0 Å². The number of nitrogens with one attached hydrogen (secondary N) is 1. The van der Waals surface area contributed by atoms with E-state index in [-0.39, 0.29) is 18.8 Å². The number of allylic oxidation sites excluding steroid dienone is 1. The van der Waals surface area contributed by atoms with E-state index in [0.29, 0.717) is 19.7 Å². The Morgan fingerprint density at radius 1 is 0.957 bits per heavy atom. The van der Waals surface area contributed by atoms with Crippen molar-refractivity contribution in [3.8, 4) is 0 Å². The largest absolute Gasteiger partial charge is 0.481 e. The lowest BCUT2D eigenvalue weighted by molar-refractivity contribution is -0.142. The molecule has 0 saturated carbocycles. The summed E-state index contributed by atoms with van der Waals surface area (Å²) in [5, 5.41) is 11.3. The van der Waals surface area contributed by atoms with E-state index in [2.05, 4.69) is 18.3 Å². The van der Waals surface area contributed by atoms with Gasteiger partial charge in [-0.3, -0.25) is 9.59 Å². The van der Waals surface area contributed by atoms with Gasteiger partial charge in [0, 0.05) is 13.1 Å². The van der Waals surface area contributed by atoms with E-state index in [1.54, 1.807) is 0 Å². The summed E-state index contributed by atoms with van der Waals surface area (Å²) >= 11 is 0. The molecule has 134 valence electrons. The topological polar surface area (TPSA) is 75.6 Å². The fourth-order valence-electron chi connectivity index (χ4n) is 2.13. The van der Waals surface area contributed by atoms with Crippen LogP contribution in [0, 0.1) is 0 Å². The molecule has 0 aromatic carbocycles. The third kappa shape index (κ3) is 18.6. The lowest BCUT2D eigenvalue weighted by Gasteiger charge is -2.03. The van der Waals surface area contributed by atoms with Gasteiger partial charge in [-0.05, 0) is 12.8 Å². The second-order valence-electron chi connectivity index (χ2n) is 5.71. The third-order valence-corrected chi connectivity index (χ3v) is 3.50. The van der Waals surface area contributed by atoms with Crippen LogP contribution in [-0.4, -0.2) is 36.7 Å². The first-order valence-corrected chi connectivity index (χ1v) is 8.90. The second kappa shape index (κ2) is 17.0. The minimum Gasteiger partial charge on any atom is -0.481 e. The standard InChI is InChI=1S/C18H33NO4/c1-2-3-4-5-6-7-8-9-10-11-16-23-18(22)13-15-19-14-12-17(20)21/h10-11,19H,2-9,12-16H2,1H3,(H,20,21). The number of carbonyl (C=O) groups is 2. The van der Waals surface area contributed by atoms with Gasteiger partial charge in [0.2, 0.25) is 0 Å². The summed E-state index contributed by atoms with van der Waals surface area (Å²) in [6, 6.07) is 0. The van der Waals surface area contributed by atoms with Gasteiger partial charge >= 0.3 is 11.9 Å². The minimum atomic E-state index is -0.842. The Labute approximate surface area is 140 Å². The number of carboxylic acids is 1. The van der Waals surface area contributed by atoms with Gasteiger partial charge in [0.15, 0.2) is 0 Å². The van der Waals surface area contributed by atoms with Crippen molar-refractivity contribution in [2.45, 2.75) is 71.1 Å². The molecule has 0 radical (unpaired) electrons. The zero-order chi connectivity index (χ0) is 17.2. The minimum absolute atomic E-state index is 0.0659. The highest BCUT2D eigenvalue weighted by Crippen LogP contribution is 2.08. The maximum absolute atomic E-state index is 11.4. The van der Waals surface area contributed by atoms with E-state index < -0.39 is 5.97 Å². The first-order valence-electron chi connectivity index (χ1n) is 8.90. The molecule has 0 atom stereocenters. The summed E-state index contributed by atoms with van der Waals surface area (Å²) < 4.78 is 5.06. The molecular weight excluding hydrogens is 294 g/mol. The molecule has 0 saturated heterocycles. The van der Waals surface area contributed by atoms with Gasteiger partial charge in [-0.1, -0.05) is 57.6 Å². The van der Waals surface area contributed by atoms with Crippen molar-refractivity contribution in [2.75, 3.05) is 19.7 Å². The van der Waals surface area contributed by atoms with Gasteiger partial charge < -0.3 is 15.2 Å². The Morgan fingerprint density at radius 3 is 2.30 bits per heavy atom. The summed E-state index contributed by atoms with van der Waals surface area (Å²) in [7, 11) is 0. The van der Waals surface area contributed by atoms with Gasteiger partial charge in [-0.25, -0.2) is 0 Å². The summed E-state index contributed by atoms with van der Waals surface area (Å²) in [6.07, 6.45) is 14.5. The fourth-order valence-corrected chi connectivity index (χ4v) is 2.13. The number of ether oxygens (including phenoxy) is 1. The Hall–Kier alpha value is -1.36. The van der Waals surface area contributed by atoms with Crippen LogP contribution < -0.4 is 5.32 Å². The zero-order valence-electron chi connectivity index (χ0n) is 14.5. The zero-order valence-corrected chi connectivity index (χ0v) is 14.5. The molecule has 23 heavy (non-hydrogen) atoms. The summed E-state index contributed by atoms with van der Waals surface area (Å²) in [6.45, 7) is 3.38. The van der Waals surface area contributed by atoms with Crippen LogP contribution in [0.5, 0.6) is 0 Å². The van der Waals surface area contributed by atoms with E-state index in [4.69, 9.17) is 9.84 Å². The van der Waals surface area contributed by atoms with Crippen LogP contribution >= 0.6 is 0 Å². The number of carboxylic acid groups (broad SMARTS) is 1. The molecular formula is C18H33NO4. The first kappa shape index (κ1) is 21.6. The monoisotopic (exact) mass is 327 g/mol. The van der Waals surface area contributed by atoms with Crippen LogP contribution in [-0.2, 0) is 14.3 Å². The molecule has 0 fully saturated rings. The van der Waals surface area contributed by atoms with Crippen molar-refractivity contribution in [1.29, 1.82) is 0 Å². The van der Waals surface area contributed by atoms with Crippen LogP contribution in [0.4, 0.5) is 0 Å². The van der Waals surface area contributed by atoms with E-state index in [0.717, 1.165) is 6.42 Å². The average Bonchev–Trinajstić information content (AvgIpc) is 2.52. The molecule has 0 aliphatic carbocycles. The molecule has 0 unspecified atom stereocenters. The molecule has 0 rings (SSSR count). The molecule has 5 heteroatoms. The Kier molecular flexibility index (Phi) is 16.0. The number of carbonyl (C=O) groups excluding carboxylic acids is 1. The van der Waals surface area contributed by atoms with Gasteiger partial charge in [0.05, 0.1) is 12.8 Å². The number of aliphatic carboxylic acids is 1. The van der Waals surface area contributed by atoms with Crippen LogP contribution in [0.2, 0.25) is 0 Å². The molecule has 0 aliphatic rings. The molecule has 0 spiro atoms. The van der Waals surface area contributed by atoms with E-state index in [9.17, 15) is 9.59 Å². The molecule has 0 aromatic rings. The highest BCUT2D eigenvalue weighted by molar-refractivity contribution is 5.69. The van der Waals surface area contributed by atoms with Crippen LogP contribution in [0.15, 0.2) is 12.2 Å². The Balaban J connectivity index is 3.28. The number of hydrogen-bond donors (Lipinski definition) is 2. The first-order chi connectivity index (χ1) is 11.2. The maximum Gasteiger partial charge on any atom is 0.307 e. The summed E-state index contributed by atoms with van der Waals surface area (Å²) in [4.78, 5) is 21.7. The van der Waals surface area contributed by atoms with E-state index in [1.165, 1.54) is 44.9 Å². The lowest BCUT2D eigenvalue weighted by atomic mass is 10.1. The Morgan fingerprint density at radius 2 is 1.61 bits per heavy atom. The van der Waals surface area contributed by atoms with Crippen molar-refractivity contribution in [2.24, 2.45) is 0 Å². The van der Waals surface area contributed by atoms with Crippen LogP contribution in [0.25, 0.3) is 0 Å². The van der Waals surface area contributed by atoms with E-state index >= 15 is 0 Å². The van der Waals surface area contributed by atoms with Gasteiger partial charge in [0.1, 0.15) is 6.61 Å². The predicted octanol–water partition coefficient (Wildman–Crippen LogP) is 3.68. The molecule has 0 heterocycles. The van der Waals surface area contributed by atoms with Gasteiger partial charge in [0.25, 0.3) is 0 Å². The molecule has 0 aromatic heterocycles. The lowest BCUT2D eigenvalue weighted by Crippen LogP contribution is -2.22. The SMILES string of the molecule is CCCCCCCCCC=CCOC(=O)CCNCCC(=O)O. The summed E-state index contributed by atoms with van der Waals surface area (Å²) in [5.74, 6) is -1.10. The predicted molar refractivity (Wildman–Crippen MR) is 92.4 cm³/mol. The Bertz CT molecular complexity index is 329. The summed E-state index contributed by atoms with van der Waals surface area (Å²) in [5.41, 5.74) is 0. The average molecular weight is 327 g/mol.